The Balaban J connectivity index is 1.32. The predicted octanol–water partition coefficient (Wildman–Crippen LogP) is 2.85. The molecule has 0 spiro atoms. The number of nitrogens with one attached hydrogen (secondary N) is 1. The van der Waals surface area contributed by atoms with Crippen LogP contribution in [-0.2, 0) is 0 Å². The molecule has 32 heavy (non-hydrogen) atoms. The zero-order chi connectivity index (χ0) is 21.7. The standard InChI is InChI=1S/C24H27N7O/c1-30-9-10-31(18-12-16-5-6-17(13-18)26-16)24-22(30)14-21(28-29-24)19-7-4-15(11-23(19)32)20-3-2-8-25-27-20/h2-4,7-8,11,14,16-18,26,32H,5-6,9-10,12-13H2,1H3/t16-,17+,18?. The minimum Gasteiger partial charge on any atom is -0.507 e. The number of nitrogens with zero attached hydrogens (tertiary/aromatic N) is 6. The van der Waals surface area contributed by atoms with Crippen LogP contribution in [0.25, 0.3) is 22.5 Å². The predicted molar refractivity (Wildman–Crippen MR) is 124 cm³/mol. The molecular weight excluding hydrogens is 402 g/mol. The lowest BCUT2D eigenvalue weighted by atomic mass is 9.97. The number of likely N-dealkylation sites (N-methyl/N-ethyl adjacent to an activating group) is 1. The van der Waals surface area contributed by atoms with Crippen LogP contribution in [0.3, 0.4) is 0 Å². The third-order valence-corrected chi connectivity index (χ3v) is 7.15. The molecule has 0 aliphatic carbocycles. The average molecular weight is 430 g/mol. The van der Waals surface area contributed by atoms with Gasteiger partial charge in [0, 0.05) is 55.6 Å². The van der Waals surface area contributed by atoms with Crippen LogP contribution in [0.1, 0.15) is 25.7 Å². The van der Waals surface area contributed by atoms with Crippen molar-refractivity contribution in [2.75, 3.05) is 29.9 Å². The lowest BCUT2D eigenvalue weighted by Crippen LogP contribution is -2.52. The summed E-state index contributed by atoms with van der Waals surface area (Å²) in [6.45, 7) is 1.93. The van der Waals surface area contributed by atoms with Gasteiger partial charge in [-0.15, -0.1) is 10.2 Å². The van der Waals surface area contributed by atoms with E-state index in [0.29, 0.717) is 29.4 Å². The average Bonchev–Trinajstić information content (AvgIpc) is 3.17. The van der Waals surface area contributed by atoms with Gasteiger partial charge < -0.3 is 20.2 Å². The first-order chi connectivity index (χ1) is 15.7. The van der Waals surface area contributed by atoms with Crippen LogP contribution in [0.2, 0.25) is 0 Å². The second kappa shape index (κ2) is 7.70. The second-order valence-electron chi connectivity index (χ2n) is 9.16. The molecule has 2 N–H and O–H groups in total. The molecule has 0 saturated carbocycles. The van der Waals surface area contributed by atoms with Gasteiger partial charge in [-0.2, -0.15) is 10.2 Å². The van der Waals surface area contributed by atoms with Gasteiger partial charge in [0.1, 0.15) is 5.75 Å². The van der Waals surface area contributed by atoms with Gasteiger partial charge in [-0.1, -0.05) is 6.07 Å². The summed E-state index contributed by atoms with van der Waals surface area (Å²) in [7, 11) is 2.10. The highest BCUT2D eigenvalue weighted by Crippen LogP contribution is 2.39. The Morgan fingerprint density at radius 1 is 0.969 bits per heavy atom. The Hall–Kier alpha value is -3.26. The van der Waals surface area contributed by atoms with Crippen molar-refractivity contribution in [2.45, 2.75) is 43.8 Å². The number of benzene rings is 1. The van der Waals surface area contributed by atoms with Crippen LogP contribution in [0.15, 0.2) is 42.6 Å². The molecule has 2 aromatic heterocycles. The van der Waals surface area contributed by atoms with Crippen LogP contribution < -0.4 is 15.1 Å². The highest BCUT2D eigenvalue weighted by molar-refractivity contribution is 5.78. The van der Waals surface area contributed by atoms with E-state index in [2.05, 4.69) is 48.6 Å². The molecule has 3 aliphatic heterocycles. The summed E-state index contributed by atoms with van der Waals surface area (Å²) in [5.41, 5.74) is 3.94. The van der Waals surface area contributed by atoms with Crippen molar-refractivity contribution >= 4 is 11.5 Å². The van der Waals surface area contributed by atoms with Gasteiger partial charge in [-0.25, -0.2) is 0 Å². The zero-order valence-corrected chi connectivity index (χ0v) is 18.1. The number of hydrogen-bond acceptors (Lipinski definition) is 8. The van der Waals surface area contributed by atoms with Crippen molar-refractivity contribution in [3.05, 3.63) is 42.6 Å². The summed E-state index contributed by atoms with van der Waals surface area (Å²) in [6.07, 6.45) is 6.56. The van der Waals surface area contributed by atoms with E-state index in [1.165, 1.54) is 25.7 Å². The van der Waals surface area contributed by atoms with Crippen molar-refractivity contribution in [2.24, 2.45) is 0 Å². The minimum atomic E-state index is 0.160. The molecule has 2 saturated heterocycles. The fourth-order valence-corrected chi connectivity index (χ4v) is 5.48. The lowest BCUT2D eigenvalue weighted by molar-refractivity contribution is 0.344. The fourth-order valence-electron chi connectivity index (χ4n) is 5.48. The van der Waals surface area contributed by atoms with Crippen LogP contribution in [0, 0.1) is 0 Å². The van der Waals surface area contributed by atoms with E-state index in [1.807, 2.05) is 24.3 Å². The molecule has 1 unspecified atom stereocenters. The number of phenolic OH excluding ortho intramolecular Hbond substituents is 1. The topological polar surface area (TPSA) is 90.3 Å². The number of hydrogen-bond donors (Lipinski definition) is 2. The van der Waals surface area contributed by atoms with Crippen molar-refractivity contribution in [3.8, 4) is 28.3 Å². The van der Waals surface area contributed by atoms with Gasteiger partial charge >= 0.3 is 0 Å². The highest BCUT2D eigenvalue weighted by atomic mass is 16.3. The van der Waals surface area contributed by atoms with E-state index < -0.39 is 0 Å². The first-order valence-electron chi connectivity index (χ1n) is 11.4. The van der Waals surface area contributed by atoms with Gasteiger partial charge in [0.15, 0.2) is 5.82 Å². The molecule has 5 heterocycles. The number of aromatic hydroxyl groups is 1. The molecule has 3 atom stereocenters. The molecule has 3 aliphatic rings. The van der Waals surface area contributed by atoms with Crippen molar-refractivity contribution < 1.29 is 5.11 Å². The van der Waals surface area contributed by atoms with E-state index >= 15 is 0 Å². The Bertz CT molecular complexity index is 1130. The Morgan fingerprint density at radius 3 is 2.56 bits per heavy atom. The molecule has 8 heteroatoms. The maximum absolute atomic E-state index is 10.8. The summed E-state index contributed by atoms with van der Waals surface area (Å²) < 4.78 is 0. The summed E-state index contributed by atoms with van der Waals surface area (Å²) in [5, 5.41) is 31.7. The van der Waals surface area contributed by atoms with Gasteiger partial charge in [0.05, 0.1) is 17.1 Å². The molecule has 2 fully saturated rings. The summed E-state index contributed by atoms with van der Waals surface area (Å²) in [4.78, 5) is 4.71. The molecule has 0 radical (unpaired) electrons. The molecule has 8 nitrogen and oxygen atoms in total. The third-order valence-electron chi connectivity index (χ3n) is 7.15. The Kier molecular flexibility index (Phi) is 4.68. The summed E-state index contributed by atoms with van der Waals surface area (Å²) >= 11 is 0. The molecule has 0 amide bonds. The van der Waals surface area contributed by atoms with E-state index in [1.54, 1.807) is 12.3 Å². The van der Waals surface area contributed by atoms with Crippen LogP contribution in [-0.4, -0.2) is 63.8 Å². The van der Waals surface area contributed by atoms with Gasteiger partial charge in [-0.05, 0) is 56.0 Å². The first kappa shape index (κ1) is 19.4. The van der Waals surface area contributed by atoms with E-state index in [0.717, 1.165) is 35.9 Å². The number of phenols is 1. The van der Waals surface area contributed by atoms with Gasteiger partial charge in [-0.3, -0.25) is 0 Å². The van der Waals surface area contributed by atoms with Crippen LogP contribution in [0.5, 0.6) is 5.75 Å². The van der Waals surface area contributed by atoms with Crippen molar-refractivity contribution in [1.29, 1.82) is 0 Å². The molecule has 3 aromatic rings. The number of piperidine rings is 1. The summed E-state index contributed by atoms with van der Waals surface area (Å²) in [5.74, 6) is 1.12. The smallest absolute Gasteiger partial charge is 0.175 e. The number of anilines is 2. The Labute approximate surface area is 187 Å². The molecule has 6 rings (SSSR count). The maximum Gasteiger partial charge on any atom is 0.175 e. The largest absolute Gasteiger partial charge is 0.507 e. The molecule has 2 bridgehead atoms. The van der Waals surface area contributed by atoms with Gasteiger partial charge in [0.25, 0.3) is 0 Å². The van der Waals surface area contributed by atoms with Crippen molar-refractivity contribution in [1.82, 2.24) is 25.7 Å². The monoisotopic (exact) mass is 429 g/mol. The molecular formula is C24H27N7O. The normalized spacial score (nSPS) is 24.5. The quantitative estimate of drug-likeness (QED) is 0.657. The van der Waals surface area contributed by atoms with Crippen LogP contribution in [0.4, 0.5) is 11.5 Å². The zero-order valence-electron chi connectivity index (χ0n) is 18.1. The van der Waals surface area contributed by atoms with E-state index in [-0.39, 0.29) is 5.75 Å². The molecule has 1 aromatic carbocycles. The minimum absolute atomic E-state index is 0.160. The lowest BCUT2D eigenvalue weighted by Gasteiger charge is -2.43. The molecule has 164 valence electrons. The maximum atomic E-state index is 10.8. The highest BCUT2D eigenvalue weighted by Gasteiger charge is 2.38. The number of rotatable bonds is 3. The van der Waals surface area contributed by atoms with Gasteiger partial charge in [0.2, 0.25) is 0 Å². The van der Waals surface area contributed by atoms with E-state index in [4.69, 9.17) is 0 Å². The number of fused-ring (bicyclic) bond motifs is 3. The second-order valence-corrected chi connectivity index (χ2v) is 9.16. The fraction of sp³-hybridized carbons (Fsp3) is 0.417. The third kappa shape index (κ3) is 3.35. The SMILES string of the molecule is CN1CCN(C2C[C@H]3CC[C@@H](C2)N3)c2nnc(-c3ccc(-c4cccnn4)cc3O)cc21. The first-order valence-corrected chi connectivity index (χ1v) is 11.4. The van der Waals surface area contributed by atoms with Crippen LogP contribution >= 0.6 is 0 Å². The van der Waals surface area contributed by atoms with Crippen molar-refractivity contribution in [3.63, 3.8) is 0 Å². The number of aromatic nitrogens is 4. The summed E-state index contributed by atoms with van der Waals surface area (Å²) in [6, 6.07) is 13.1. The Morgan fingerprint density at radius 2 is 1.81 bits per heavy atom. The van der Waals surface area contributed by atoms with E-state index in [9.17, 15) is 5.11 Å².